The van der Waals surface area contributed by atoms with E-state index in [0.29, 0.717) is 19.5 Å². The third-order valence-electron chi connectivity index (χ3n) is 3.41. The molecule has 0 aromatic carbocycles. The summed E-state index contributed by atoms with van der Waals surface area (Å²) in [6, 6.07) is 0. The van der Waals surface area contributed by atoms with Crippen LogP contribution in [0.1, 0.15) is 19.3 Å². The number of hydrogen-bond donors (Lipinski definition) is 2. The van der Waals surface area contributed by atoms with Crippen LogP contribution >= 0.6 is 0 Å². The van der Waals surface area contributed by atoms with Crippen molar-refractivity contribution in [2.24, 2.45) is 11.8 Å². The second kappa shape index (κ2) is 4.73. The smallest absolute Gasteiger partial charge is 0.308 e. The summed E-state index contributed by atoms with van der Waals surface area (Å²) >= 11 is 0. The first kappa shape index (κ1) is 11.9. The Morgan fingerprint density at radius 1 is 1.35 bits per heavy atom. The number of aliphatic carboxylic acids is 1. The molecule has 0 aromatic rings. The van der Waals surface area contributed by atoms with E-state index in [1.54, 1.807) is 4.90 Å². The van der Waals surface area contributed by atoms with Crippen LogP contribution in [0, 0.1) is 11.8 Å². The summed E-state index contributed by atoms with van der Waals surface area (Å²) in [6.07, 6.45) is 1.57. The Labute approximate surface area is 99.0 Å². The molecule has 2 amide bonds. The summed E-state index contributed by atoms with van der Waals surface area (Å²) in [5.41, 5.74) is 0. The lowest BCUT2D eigenvalue weighted by molar-refractivity contribution is -0.146. The van der Waals surface area contributed by atoms with Gasteiger partial charge in [-0.05, 0) is 12.8 Å². The van der Waals surface area contributed by atoms with Crippen LogP contribution in [0.15, 0.2) is 0 Å². The van der Waals surface area contributed by atoms with Gasteiger partial charge in [-0.25, -0.2) is 0 Å². The van der Waals surface area contributed by atoms with E-state index in [4.69, 9.17) is 5.11 Å². The van der Waals surface area contributed by atoms with E-state index >= 15 is 0 Å². The Balaban J connectivity index is 1.95. The largest absolute Gasteiger partial charge is 0.481 e. The fourth-order valence-electron chi connectivity index (χ4n) is 2.42. The van der Waals surface area contributed by atoms with Gasteiger partial charge in [-0.2, -0.15) is 0 Å². The zero-order valence-corrected chi connectivity index (χ0v) is 9.52. The second-order valence-corrected chi connectivity index (χ2v) is 4.67. The van der Waals surface area contributed by atoms with Crippen molar-refractivity contribution in [1.29, 1.82) is 0 Å². The van der Waals surface area contributed by atoms with Crippen LogP contribution in [0.2, 0.25) is 0 Å². The summed E-state index contributed by atoms with van der Waals surface area (Å²) in [6.45, 7) is 1.26. The maximum atomic E-state index is 12.1. The monoisotopic (exact) mass is 240 g/mol. The maximum Gasteiger partial charge on any atom is 0.308 e. The number of carbonyl (C=O) groups excluding carboxylic acids is 2. The first-order valence-electron chi connectivity index (χ1n) is 5.86. The van der Waals surface area contributed by atoms with E-state index in [-0.39, 0.29) is 30.7 Å². The quantitative estimate of drug-likeness (QED) is 0.677. The first-order valence-corrected chi connectivity index (χ1v) is 5.86. The van der Waals surface area contributed by atoms with Crippen LogP contribution in [0.4, 0.5) is 0 Å². The number of rotatable bonds is 2. The second-order valence-electron chi connectivity index (χ2n) is 4.67. The van der Waals surface area contributed by atoms with Crippen molar-refractivity contribution in [3.8, 4) is 0 Å². The molecule has 2 saturated heterocycles. The standard InChI is InChI=1S/C11H16N2O4/c14-9-4-8(5-12-9)10(15)13-3-1-2-7(6-13)11(16)17/h7-8H,1-6H2,(H,12,14)(H,16,17). The normalized spacial score (nSPS) is 28.9. The van der Waals surface area contributed by atoms with Crippen molar-refractivity contribution in [3.05, 3.63) is 0 Å². The lowest BCUT2D eigenvalue weighted by atomic mass is 9.96. The number of carbonyl (C=O) groups is 3. The highest BCUT2D eigenvalue weighted by Gasteiger charge is 2.34. The molecule has 94 valence electrons. The molecule has 0 bridgehead atoms. The average Bonchev–Trinajstić information content (AvgIpc) is 2.75. The summed E-state index contributed by atoms with van der Waals surface area (Å²) in [5, 5.41) is 11.6. The fraction of sp³-hybridized carbons (Fsp3) is 0.727. The van der Waals surface area contributed by atoms with E-state index in [0.717, 1.165) is 6.42 Å². The maximum absolute atomic E-state index is 12.1. The number of piperidine rings is 1. The zero-order valence-electron chi connectivity index (χ0n) is 9.52. The van der Waals surface area contributed by atoms with Gasteiger partial charge in [0.05, 0.1) is 11.8 Å². The minimum atomic E-state index is -0.844. The summed E-state index contributed by atoms with van der Waals surface area (Å²) in [5.74, 6) is -1.81. The third-order valence-corrected chi connectivity index (χ3v) is 3.41. The Morgan fingerprint density at radius 2 is 2.12 bits per heavy atom. The molecular formula is C11H16N2O4. The molecular weight excluding hydrogens is 224 g/mol. The van der Waals surface area contributed by atoms with Gasteiger partial charge in [0.1, 0.15) is 0 Å². The molecule has 0 spiro atoms. The lowest BCUT2D eigenvalue weighted by Crippen LogP contribution is -2.45. The lowest BCUT2D eigenvalue weighted by Gasteiger charge is -2.32. The molecule has 0 saturated carbocycles. The predicted octanol–water partition coefficient (Wildman–Crippen LogP) is -0.554. The Kier molecular flexibility index (Phi) is 3.31. The van der Waals surface area contributed by atoms with Crippen LogP contribution < -0.4 is 5.32 Å². The van der Waals surface area contributed by atoms with Gasteiger partial charge >= 0.3 is 5.97 Å². The molecule has 0 aromatic heterocycles. The molecule has 2 unspecified atom stereocenters. The number of hydrogen-bond acceptors (Lipinski definition) is 3. The SMILES string of the molecule is O=C1CC(C(=O)N2CCCC(C(=O)O)C2)CN1. The molecule has 2 atom stereocenters. The number of likely N-dealkylation sites (tertiary alicyclic amines) is 1. The van der Waals surface area contributed by atoms with Crippen molar-refractivity contribution >= 4 is 17.8 Å². The highest BCUT2D eigenvalue weighted by atomic mass is 16.4. The number of amides is 2. The first-order chi connectivity index (χ1) is 8.08. The zero-order chi connectivity index (χ0) is 12.4. The summed E-state index contributed by atoms with van der Waals surface area (Å²) in [4.78, 5) is 35.6. The summed E-state index contributed by atoms with van der Waals surface area (Å²) < 4.78 is 0. The minimum absolute atomic E-state index is 0.0886. The number of nitrogens with one attached hydrogen (secondary N) is 1. The molecule has 2 aliphatic heterocycles. The predicted molar refractivity (Wildman–Crippen MR) is 58.1 cm³/mol. The highest BCUT2D eigenvalue weighted by molar-refractivity contribution is 5.89. The van der Waals surface area contributed by atoms with Crippen LogP contribution in [-0.4, -0.2) is 47.4 Å². The van der Waals surface area contributed by atoms with Crippen LogP contribution in [0.3, 0.4) is 0 Å². The molecule has 2 aliphatic rings. The van der Waals surface area contributed by atoms with Gasteiger partial charge in [-0.3, -0.25) is 14.4 Å². The van der Waals surface area contributed by atoms with E-state index in [9.17, 15) is 14.4 Å². The van der Waals surface area contributed by atoms with Gasteiger partial charge < -0.3 is 15.3 Å². The van der Waals surface area contributed by atoms with Crippen LogP contribution in [0.5, 0.6) is 0 Å². The molecule has 0 aliphatic carbocycles. The fourth-order valence-corrected chi connectivity index (χ4v) is 2.42. The number of carboxylic acids is 1. The highest BCUT2D eigenvalue weighted by Crippen LogP contribution is 2.20. The number of nitrogens with zero attached hydrogens (tertiary/aromatic N) is 1. The molecule has 6 heteroatoms. The van der Waals surface area contributed by atoms with Crippen molar-refractivity contribution < 1.29 is 19.5 Å². The Bertz CT molecular complexity index is 355. The molecule has 2 fully saturated rings. The van der Waals surface area contributed by atoms with Gasteiger partial charge in [0.2, 0.25) is 11.8 Å². The van der Waals surface area contributed by atoms with E-state index in [1.165, 1.54) is 0 Å². The molecule has 2 N–H and O–H groups in total. The van der Waals surface area contributed by atoms with Gasteiger partial charge in [0.15, 0.2) is 0 Å². The average molecular weight is 240 g/mol. The Morgan fingerprint density at radius 3 is 2.71 bits per heavy atom. The van der Waals surface area contributed by atoms with E-state index < -0.39 is 11.9 Å². The Hall–Kier alpha value is -1.59. The van der Waals surface area contributed by atoms with Crippen molar-refractivity contribution in [2.45, 2.75) is 19.3 Å². The van der Waals surface area contributed by atoms with Crippen molar-refractivity contribution in [1.82, 2.24) is 10.2 Å². The van der Waals surface area contributed by atoms with Gasteiger partial charge in [0.25, 0.3) is 0 Å². The minimum Gasteiger partial charge on any atom is -0.481 e. The molecule has 2 heterocycles. The van der Waals surface area contributed by atoms with Gasteiger partial charge in [0, 0.05) is 26.1 Å². The topological polar surface area (TPSA) is 86.7 Å². The van der Waals surface area contributed by atoms with Gasteiger partial charge in [-0.15, -0.1) is 0 Å². The molecule has 2 rings (SSSR count). The molecule has 6 nitrogen and oxygen atoms in total. The van der Waals surface area contributed by atoms with Gasteiger partial charge in [-0.1, -0.05) is 0 Å². The number of carboxylic acid groups (broad SMARTS) is 1. The van der Waals surface area contributed by atoms with E-state index in [2.05, 4.69) is 5.32 Å². The third kappa shape index (κ3) is 2.57. The van der Waals surface area contributed by atoms with Crippen LogP contribution in [0.25, 0.3) is 0 Å². The molecule has 0 radical (unpaired) electrons. The summed E-state index contributed by atoms with van der Waals surface area (Å²) in [7, 11) is 0. The van der Waals surface area contributed by atoms with Crippen molar-refractivity contribution in [2.75, 3.05) is 19.6 Å². The van der Waals surface area contributed by atoms with Crippen molar-refractivity contribution in [3.63, 3.8) is 0 Å². The molecule has 17 heavy (non-hydrogen) atoms. The van der Waals surface area contributed by atoms with Crippen LogP contribution in [-0.2, 0) is 14.4 Å². The van der Waals surface area contributed by atoms with E-state index in [1.807, 2.05) is 0 Å².